The van der Waals surface area contributed by atoms with Gasteiger partial charge in [0.2, 0.25) is 0 Å². The highest BCUT2D eigenvalue weighted by molar-refractivity contribution is 6.32. The molecule has 0 fully saturated rings. The van der Waals surface area contributed by atoms with Gasteiger partial charge in [0.05, 0.1) is 0 Å². The second-order valence-corrected chi connectivity index (χ2v) is 5.73. The summed E-state index contributed by atoms with van der Waals surface area (Å²) in [5.41, 5.74) is 4.42. The Bertz CT molecular complexity index is 614. The molecule has 0 aliphatic rings. The van der Waals surface area contributed by atoms with Crippen LogP contribution in [0.3, 0.4) is 0 Å². The quantitative estimate of drug-likeness (QED) is 0.823. The Balaban J connectivity index is 2.26. The Morgan fingerprint density at radius 2 is 1.67 bits per heavy atom. The van der Waals surface area contributed by atoms with Crippen LogP contribution in [0.15, 0.2) is 30.3 Å². The molecule has 3 heteroatoms. The van der Waals surface area contributed by atoms with Crippen molar-refractivity contribution in [1.82, 2.24) is 5.32 Å². The van der Waals surface area contributed by atoms with E-state index in [4.69, 9.17) is 16.3 Å². The number of halogens is 1. The van der Waals surface area contributed by atoms with Crippen LogP contribution in [0, 0.1) is 20.8 Å². The molecule has 0 spiro atoms. The number of hydrogen-bond donors (Lipinski definition) is 1. The van der Waals surface area contributed by atoms with E-state index >= 15 is 0 Å². The zero-order valence-corrected chi connectivity index (χ0v) is 13.8. The van der Waals surface area contributed by atoms with Gasteiger partial charge in [0.15, 0.2) is 0 Å². The predicted octanol–water partition coefficient (Wildman–Crippen LogP) is 5.17. The van der Waals surface area contributed by atoms with E-state index in [0.29, 0.717) is 0 Å². The summed E-state index contributed by atoms with van der Waals surface area (Å²) in [6.45, 7) is 9.96. The maximum Gasteiger partial charge on any atom is 0.130 e. The lowest BCUT2D eigenvalue weighted by molar-refractivity contribution is 0.477. The first kappa shape index (κ1) is 15.9. The Morgan fingerprint density at radius 3 is 2.29 bits per heavy atom. The molecule has 0 heterocycles. The number of nitrogens with one attached hydrogen (secondary N) is 1. The monoisotopic (exact) mass is 303 g/mol. The van der Waals surface area contributed by atoms with E-state index in [1.54, 1.807) is 0 Å². The maximum absolute atomic E-state index is 6.20. The van der Waals surface area contributed by atoms with Gasteiger partial charge in [-0.25, -0.2) is 0 Å². The average Bonchev–Trinajstić information content (AvgIpc) is 2.45. The third-order valence-electron chi connectivity index (χ3n) is 3.47. The molecule has 0 saturated carbocycles. The van der Waals surface area contributed by atoms with E-state index in [0.717, 1.165) is 46.3 Å². The van der Waals surface area contributed by atoms with Gasteiger partial charge < -0.3 is 10.1 Å². The topological polar surface area (TPSA) is 21.3 Å². The Morgan fingerprint density at radius 1 is 1.00 bits per heavy atom. The van der Waals surface area contributed by atoms with Crippen molar-refractivity contribution in [2.24, 2.45) is 0 Å². The van der Waals surface area contributed by atoms with Crippen LogP contribution in [-0.2, 0) is 6.54 Å². The molecular formula is C18H22ClNO. The summed E-state index contributed by atoms with van der Waals surface area (Å²) < 4.78 is 6.06. The number of benzene rings is 2. The van der Waals surface area contributed by atoms with E-state index < -0.39 is 0 Å². The molecule has 2 aromatic carbocycles. The van der Waals surface area contributed by atoms with Crippen LogP contribution >= 0.6 is 11.6 Å². The molecule has 112 valence electrons. The Labute approximate surface area is 132 Å². The van der Waals surface area contributed by atoms with Crippen LogP contribution in [0.1, 0.15) is 29.2 Å². The molecule has 0 unspecified atom stereocenters. The fourth-order valence-electron chi connectivity index (χ4n) is 2.23. The summed E-state index contributed by atoms with van der Waals surface area (Å²) in [6, 6.07) is 10.3. The second-order valence-electron chi connectivity index (χ2n) is 5.35. The zero-order chi connectivity index (χ0) is 15.4. The summed E-state index contributed by atoms with van der Waals surface area (Å²) in [4.78, 5) is 0. The maximum atomic E-state index is 6.20. The summed E-state index contributed by atoms with van der Waals surface area (Å²) in [6.07, 6.45) is 0. The average molecular weight is 304 g/mol. The van der Waals surface area contributed by atoms with E-state index in [9.17, 15) is 0 Å². The van der Waals surface area contributed by atoms with Crippen molar-refractivity contribution < 1.29 is 4.74 Å². The van der Waals surface area contributed by atoms with Crippen LogP contribution in [0.5, 0.6) is 11.5 Å². The van der Waals surface area contributed by atoms with Crippen molar-refractivity contribution in [1.29, 1.82) is 0 Å². The van der Waals surface area contributed by atoms with E-state index in [-0.39, 0.29) is 0 Å². The van der Waals surface area contributed by atoms with Gasteiger partial charge in [-0.05, 0) is 67.8 Å². The largest absolute Gasteiger partial charge is 0.457 e. The Kier molecular flexibility index (Phi) is 5.27. The highest BCUT2D eigenvalue weighted by Crippen LogP contribution is 2.31. The predicted molar refractivity (Wildman–Crippen MR) is 89.6 cm³/mol. The molecule has 0 saturated heterocycles. The molecule has 1 N–H and O–H groups in total. The number of hydrogen-bond acceptors (Lipinski definition) is 2. The van der Waals surface area contributed by atoms with Gasteiger partial charge in [-0.15, -0.1) is 0 Å². The normalized spacial score (nSPS) is 10.7. The molecule has 0 aliphatic heterocycles. The first-order chi connectivity index (χ1) is 10.0. The van der Waals surface area contributed by atoms with Crippen molar-refractivity contribution in [3.8, 4) is 11.5 Å². The van der Waals surface area contributed by atoms with Crippen molar-refractivity contribution in [3.05, 3.63) is 57.6 Å². The molecular weight excluding hydrogens is 282 g/mol. The molecule has 2 nitrogen and oxygen atoms in total. The molecule has 2 aromatic rings. The third kappa shape index (κ3) is 3.99. The van der Waals surface area contributed by atoms with Crippen LogP contribution in [0.2, 0.25) is 5.02 Å². The van der Waals surface area contributed by atoms with Gasteiger partial charge in [0.25, 0.3) is 0 Å². The van der Waals surface area contributed by atoms with Gasteiger partial charge in [-0.1, -0.05) is 30.7 Å². The van der Waals surface area contributed by atoms with Gasteiger partial charge in [0, 0.05) is 11.6 Å². The van der Waals surface area contributed by atoms with Crippen molar-refractivity contribution in [3.63, 3.8) is 0 Å². The van der Waals surface area contributed by atoms with Crippen LogP contribution in [0.25, 0.3) is 0 Å². The first-order valence-electron chi connectivity index (χ1n) is 7.26. The molecule has 0 atom stereocenters. The van der Waals surface area contributed by atoms with Crippen molar-refractivity contribution >= 4 is 11.6 Å². The van der Waals surface area contributed by atoms with Gasteiger partial charge >= 0.3 is 0 Å². The lowest BCUT2D eigenvalue weighted by Crippen LogP contribution is -2.11. The summed E-state index contributed by atoms with van der Waals surface area (Å²) in [7, 11) is 0. The minimum absolute atomic E-state index is 0.806. The van der Waals surface area contributed by atoms with Crippen LogP contribution in [0.4, 0.5) is 0 Å². The number of ether oxygens (including phenoxy) is 1. The minimum Gasteiger partial charge on any atom is -0.457 e. The number of rotatable bonds is 5. The van der Waals surface area contributed by atoms with Crippen molar-refractivity contribution in [2.75, 3.05) is 6.54 Å². The third-order valence-corrected chi connectivity index (χ3v) is 4.07. The lowest BCUT2D eigenvalue weighted by Gasteiger charge is -2.13. The molecule has 0 bridgehead atoms. The van der Waals surface area contributed by atoms with E-state index in [2.05, 4.69) is 37.4 Å². The second kappa shape index (κ2) is 6.97. The van der Waals surface area contributed by atoms with Crippen molar-refractivity contribution in [2.45, 2.75) is 34.2 Å². The highest BCUT2D eigenvalue weighted by atomic mass is 35.5. The Hall–Kier alpha value is -1.51. The highest BCUT2D eigenvalue weighted by Gasteiger charge is 2.07. The molecule has 21 heavy (non-hydrogen) atoms. The molecule has 2 rings (SSSR count). The van der Waals surface area contributed by atoms with Crippen LogP contribution < -0.4 is 10.1 Å². The standard InChI is InChI=1S/C18H22ClNO/c1-5-20-11-15-7-6-12(2)17(10-15)21-16-8-13(3)18(19)14(4)9-16/h6-10,20H,5,11H2,1-4H3. The summed E-state index contributed by atoms with van der Waals surface area (Å²) in [5.74, 6) is 1.73. The lowest BCUT2D eigenvalue weighted by atomic mass is 10.1. The fourth-order valence-corrected chi connectivity index (χ4v) is 2.33. The SMILES string of the molecule is CCNCc1ccc(C)c(Oc2cc(C)c(Cl)c(C)c2)c1. The smallest absolute Gasteiger partial charge is 0.130 e. The first-order valence-corrected chi connectivity index (χ1v) is 7.64. The van der Waals surface area contributed by atoms with E-state index in [1.807, 2.05) is 26.0 Å². The van der Waals surface area contributed by atoms with Gasteiger partial charge in [-0.2, -0.15) is 0 Å². The van der Waals surface area contributed by atoms with Gasteiger partial charge in [-0.3, -0.25) is 0 Å². The number of aryl methyl sites for hydroxylation is 3. The van der Waals surface area contributed by atoms with Gasteiger partial charge in [0.1, 0.15) is 11.5 Å². The van der Waals surface area contributed by atoms with Crippen LogP contribution in [-0.4, -0.2) is 6.54 Å². The summed E-state index contributed by atoms with van der Waals surface area (Å²) >= 11 is 6.20. The fraction of sp³-hybridized carbons (Fsp3) is 0.333. The zero-order valence-electron chi connectivity index (χ0n) is 13.1. The summed E-state index contributed by atoms with van der Waals surface area (Å²) in [5, 5.41) is 4.13. The molecule has 0 amide bonds. The van der Waals surface area contributed by atoms with E-state index in [1.165, 1.54) is 5.56 Å². The minimum atomic E-state index is 0.806. The molecule has 0 aliphatic carbocycles. The molecule has 0 aromatic heterocycles. The molecule has 0 radical (unpaired) electrons.